The first kappa shape index (κ1) is 19.6. The molecule has 0 saturated carbocycles. The highest BCUT2D eigenvalue weighted by Crippen LogP contribution is 2.27. The molecule has 1 heterocycles. The molecule has 0 saturated heterocycles. The number of aromatic nitrogens is 2. The second-order valence-electron chi connectivity index (χ2n) is 6.49. The fourth-order valence-corrected chi connectivity index (χ4v) is 4.05. The molecule has 0 fully saturated rings. The second-order valence-corrected chi connectivity index (χ2v) is 8.14. The van der Waals surface area contributed by atoms with Crippen LogP contribution in [0.5, 0.6) is 0 Å². The number of hydrogen-bond donors (Lipinski definition) is 1. The van der Waals surface area contributed by atoms with Crippen LogP contribution >= 0.6 is 0 Å². The van der Waals surface area contributed by atoms with Crippen molar-refractivity contribution in [3.05, 3.63) is 72.3 Å². The molecule has 0 aliphatic carbocycles. The molecule has 1 N–H and O–H groups in total. The minimum absolute atomic E-state index is 0.0840. The number of rotatable bonds is 8. The predicted octanol–water partition coefficient (Wildman–Crippen LogP) is 3.70. The van der Waals surface area contributed by atoms with Gasteiger partial charge in [0, 0.05) is 30.9 Å². The van der Waals surface area contributed by atoms with E-state index in [-0.39, 0.29) is 4.90 Å². The zero-order valence-corrected chi connectivity index (χ0v) is 16.5. The van der Waals surface area contributed by atoms with Crippen LogP contribution in [-0.2, 0) is 23.0 Å². The molecule has 0 spiro atoms. The molecule has 28 heavy (non-hydrogen) atoms. The SMILES string of the molecule is CCCCc1nccn1Cc1ccc(-c2ccccc2S(=O)(=O)NC#N)cc1. The average Bonchev–Trinajstić information content (AvgIpc) is 3.14. The summed E-state index contributed by atoms with van der Waals surface area (Å²) in [4.78, 5) is 4.52. The minimum Gasteiger partial charge on any atom is -0.331 e. The third-order valence-corrected chi connectivity index (χ3v) is 5.83. The van der Waals surface area contributed by atoms with Crippen molar-refractivity contribution in [1.29, 1.82) is 5.26 Å². The van der Waals surface area contributed by atoms with E-state index in [4.69, 9.17) is 5.26 Å². The summed E-state index contributed by atoms with van der Waals surface area (Å²) < 4.78 is 28.6. The van der Waals surface area contributed by atoms with Gasteiger partial charge in [0.1, 0.15) is 5.82 Å². The van der Waals surface area contributed by atoms with Crippen LogP contribution < -0.4 is 4.72 Å². The molecule has 7 heteroatoms. The first-order valence-electron chi connectivity index (χ1n) is 9.14. The molecular formula is C21H22N4O2S. The van der Waals surface area contributed by atoms with E-state index in [2.05, 4.69) is 16.5 Å². The van der Waals surface area contributed by atoms with Crippen LogP contribution in [0.2, 0.25) is 0 Å². The van der Waals surface area contributed by atoms with Crippen LogP contribution in [0, 0.1) is 11.5 Å². The van der Waals surface area contributed by atoms with Gasteiger partial charge in [-0.25, -0.2) is 18.1 Å². The van der Waals surface area contributed by atoms with Crippen molar-refractivity contribution in [2.45, 2.75) is 37.6 Å². The maximum absolute atomic E-state index is 12.3. The van der Waals surface area contributed by atoms with Crippen LogP contribution in [0.15, 0.2) is 65.8 Å². The Hall–Kier alpha value is -3.11. The lowest BCUT2D eigenvalue weighted by atomic mass is 10.0. The van der Waals surface area contributed by atoms with E-state index in [1.807, 2.05) is 41.4 Å². The van der Waals surface area contributed by atoms with Crippen LogP contribution in [0.3, 0.4) is 0 Å². The highest BCUT2D eigenvalue weighted by atomic mass is 32.2. The number of imidazole rings is 1. The molecule has 3 rings (SSSR count). The molecule has 3 aromatic rings. The largest absolute Gasteiger partial charge is 0.331 e. The lowest BCUT2D eigenvalue weighted by Crippen LogP contribution is -2.18. The third kappa shape index (κ3) is 4.41. The Morgan fingerprint density at radius 3 is 2.61 bits per heavy atom. The molecule has 0 bridgehead atoms. The van der Waals surface area contributed by atoms with Crippen LogP contribution in [0.4, 0.5) is 0 Å². The Bertz CT molecular complexity index is 1080. The fraction of sp³-hybridized carbons (Fsp3) is 0.238. The Labute approximate surface area is 165 Å². The molecule has 0 atom stereocenters. The van der Waals surface area contributed by atoms with Crippen molar-refractivity contribution >= 4 is 10.0 Å². The van der Waals surface area contributed by atoms with Crippen molar-refractivity contribution in [2.75, 3.05) is 0 Å². The second kappa shape index (κ2) is 8.72. The van der Waals surface area contributed by atoms with Gasteiger partial charge >= 0.3 is 0 Å². The first-order valence-corrected chi connectivity index (χ1v) is 10.6. The standard InChI is InChI=1S/C21H22N4O2S/c1-2-3-8-21-23-13-14-25(21)15-17-9-11-18(12-10-17)19-6-4-5-7-20(19)28(26,27)24-16-22/h4-7,9-14,24H,2-3,8,15H2,1H3. The molecule has 144 valence electrons. The van der Waals surface area contributed by atoms with Gasteiger partial charge in [-0.1, -0.05) is 55.8 Å². The van der Waals surface area contributed by atoms with E-state index >= 15 is 0 Å². The Morgan fingerprint density at radius 1 is 1.14 bits per heavy atom. The predicted molar refractivity (Wildman–Crippen MR) is 108 cm³/mol. The molecule has 0 amide bonds. The minimum atomic E-state index is -3.88. The van der Waals surface area contributed by atoms with Gasteiger partial charge in [-0.3, -0.25) is 0 Å². The number of aryl methyl sites for hydroxylation is 1. The van der Waals surface area contributed by atoms with E-state index < -0.39 is 10.0 Å². The van der Waals surface area contributed by atoms with Gasteiger partial charge in [-0.15, -0.1) is 0 Å². The Balaban J connectivity index is 1.85. The third-order valence-electron chi connectivity index (χ3n) is 4.53. The van der Waals surface area contributed by atoms with Gasteiger partial charge in [0.2, 0.25) is 0 Å². The molecule has 0 aliphatic heterocycles. The summed E-state index contributed by atoms with van der Waals surface area (Å²) in [6.45, 7) is 2.88. The van der Waals surface area contributed by atoms with E-state index in [9.17, 15) is 8.42 Å². The molecule has 0 aliphatic rings. The zero-order valence-electron chi connectivity index (χ0n) is 15.7. The molecule has 6 nitrogen and oxygen atoms in total. The van der Waals surface area contributed by atoms with Gasteiger partial charge in [-0.05, 0) is 23.6 Å². The smallest absolute Gasteiger partial charge is 0.270 e. The van der Waals surface area contributed by atoms with E-state index in [1.54, 1.807) is 18.2 Å². The van der Waals surface area contributed by atoms with Crippen molar-refractivity contribution in [3.8, 4) is 17.3 Å². The van der Waals surface area contributed by atoms with Crippen molar-refractivity contribution in [3.63, 3.8) is 0 Å². The maximum Gasteiger partial charge on any atom is 0.270 e. The normalized spacial score (nSPS) is 11.1. The summed E-state index contributed by atoms with van der Waals surface area (Å²) in [5.74, 6) is 1.07. The maximum atomic E-state index is 12.3. The molecule has 0 radical (unpaired) electrons. The van der Waals surface area contributed by atoms with Gasteiger partial charge in [0.25, 0.3) is 10.0 Å². The summed E-state index contributed by atoms with van der Waals surface area (Å²) in [6.07, 6.45) is 8.49. The summed E-state index contributed by atoms with van der Waals surface area (Å²) in [6, 6.07) is 14.4. The van der Waals surface area contributed by atoms with Crippen LogP contribution in [0.25, 0.3) is 11.1 Å². The number of nitriles is 1. The Kier molecular flexibility index (Phi) is 6.12. The van der Waals surface area contributed by atoms with E-state index in [1.165, 1.54) is 12.3 Å². The number of nitrogens with one attached hydrogen (secondary N) is 1. The zero-order chi connectivity index (χ0) is 20.0. The summed E-state index contributed by atoms with van der Waals surface area (Å²) in [5, 5.41) is 8.71. The average molecular weight is 395 g/mol. The van der Waals surface area contributed by atoms with E-state index in [0.29, 0.717) is 5.56 Å². The van der Waals surface area contributed by atoms with Gasteiger partial charge in [0.15, 0.2) is 6.19 Å². The van der Waals surface area contributed by atoms with Crippen LogP contribution in [-0.4, -0.2) is 18.0 Å². The fourth-order valence-electron chi connectivity index (χ4n) is 3.09. The number of unbranched alkanes of at least 4 members (excludes halogenated alkanes) is 1. The monoisotopic (exact) mass is 394 g/mol. The summed E-state index contributed by atoms with van der Waals surface area (Å²) >= 11 is 0. The molecule has 2 aromatic carbocycles. The van der Waals surface area contributed by atoms with E-state index in [0.717, 1.165) is 42.8 Å². The number of benzene rings is 2. The summed E-state index contributed by atoms with van der Waals surface area (Å²) in [7, 11) is -3.88. The van der Waals surface area contributed by atoms with Gasteiger partial charge in [0.05, 0.1) is 4.90 Å². The van der Waals surface area contributed by atoms with Crippen molar-refractivity contribution in [1.82, 2.24) is 14.3 Å². The lowest BCUT2D eigenvalue weighted by molar-refractivity contribution is 0.591. The highest BCUT2D eigenvalue weighted by molar-refractivity contribution is 7.89. The van der Waals surface area contributed by atoms with Gasteiger partial charge in [-0.2, -0.15) is 5.26 Å². The number of sulfonamides is 1. The summed E-state index contributed by atoms with van der Waals surface area (Å²) in [5.41, 5.74) is 2.44. The number of nitrogens with zero attached hydrogens (tertiary/aromatic N) is 3. The first-order chi connectivity index (χ1) is 13.5. The molecule has 1 aromatic heterocycles. The van der Waals surface area contributed by atoms with Crippen molar-refractivity contribution < 1.29 is 8.42 Å². The van der Waals surface area contributed by atoms with Gasteiger partial charge < -0.3 is 4.57 Å². The number of hydrogen-bond acceptors (Lipinski definition) is 4. The molecule has 0 unspecified atom stereocenters. The van der Waals surface area contributed by atoms with Crippen LogP contribution in [0.1, 0.15) is 31.2 Å². The highest BCUT2D eigenvalue weighted by Gasteiger charge is 2.18. The quantitative estimate of drug-likeness (QED) is 0.466. The lowest BCUT2D eigenvalue weighted by Gasteiger charge is -2.11. The Morgan fingerprint density at radius 2 is 1.89 bits per heavy atom. The molecular weight excluding hydrogens is 372 g/mol. The van der Waals surface area contributed by atoms with Crippen molar-refractivity contribution in [2.24, 2.45) is 0 Å². The topological polar surface area (TPSA) is 87.8 Å².